The summed E-state index contributed by atoms with van der Waals surface area (Å²) in [6, 6.07) is 0. The first-order valence-corrected chi connectivity index (χ1v) is 7.18. The van der Waals surface area contributed by atoms with Gasteiger partial charge in [0.15, 0.2) is 4.77 Å². The van der Waals surface area contributed by atoms with E-state index in [1.807, 2.05) is 6.20 Å². The molecule has 1 atom stereocenters. The minimum atomic E-state index is 0. The molecule has 0 saturated carbocycles. The van der Waals surface area contributed by atoms with Crippen LogP contribution in [0.4, 0.5) is 0 Å². The molecule has 2 aliphatic carbocycles. The van der Waals surface area contributed by atoms with E-state index in [0.717, 1.165) is 17.1 Å². The van der Waals surface area contributed by atoms with Gasteiger partial charge in [-0.1, -0.05) is 11.1 Å². The highest BCUT2D eigenvalue weighted by atomic mass is 32.1. The van der Waals surface area contributed by atoms with Crippen LogP contribution in [0.1, 0.15) is 52.1 Å². The third kappa shape index (κ3) is 2.54. The van der Waals surface area contributed by atoms with Crippen LogP contribution in [0.2, 0.25) is 0 Å². The third-order valence-electron chi connectivity index (χ3n) is 4.26. The van der Waals surface area contributed by atoms with Crippen LogP contribution < -0.4 is 0 Å². The largest absolute Gasteiger partial charge is 0.337 e. The van der Waals surface area contributed by atoms with Crippen molar-refractivity contribution >= 4 is 12.2 Å². The first kappa shape index (κ1) is 11.3. The van der Waals surface area contributed by atoms with Gasteiger partial charge >= 0.3 is 0 Å². The van der Waals surface area contributed by atoms with Gasteiger partial charge in [0.2, 0.25) is 0 Å². The summed E-state index contributed by atoms with van der Waals surface area (Å²) >= 11 is 5.07. The van der Waals surface area contributed by atoms with Gasteiger partial charge < -0.3 is 9.97 Å². The van der Waals surface area contributed by atoms with Gasteiger partial charge in [-0.3, -0.25) is 0 Å². The highest BCUT2D eigenvalue weighted by Gasteiger charge is 2.23. The molecule has 0 aromatic carbocycles. The molecule has 2 N–H and O–H groups in total. The summed E-state index contributed by atoms with van der Waals surface area (Å²) in [5, 5.41) is 0. The van der Waals surface area contributed by atoms with Crippen molar-refractivity contribution in [1.82, 2.24) is 9.97 Å². The van der Waals surface area contributed by atoms with Crippen molar-refractivity contribution in [3.63, 3.8) is 0 Å². The fourth-order valence-corrected chi connectivity index (χ4v) is 3.56. The average molecular weight is 250 g/mol. The smallest absolute Gasteiger partial charge is 0.174 e. The summed E-state index contributed by atoms with van der Waals surface area (Å²) in [4.78, 5) is 6.30. The quantitative estimate of drug-likeness (QED) is 0.586. The fourth-order valence-electron chi connectivity index (χ4n) is 3.37. The second-order valence-corrected chi connectivity index (χ2v) is 5.90. The molecule has 1 aromatic rings. The molecular formula is C14H22N2S. The molecule has 1 heterocycles. The van der Waals surface area contributed by atoms with Gasteiger partial charge in [0.05, 0.1) is 0 Å². The van der Waals surface area contributed by atoms with E-state index in [0.29, 0.717) is 0 Å². The maximum atomic E-state index is 5.07. The van der Waals surface area contributed by atoms with Crippen LogP contribution in [0.15, 0.2) is 17.3 Å². The molecule has 2 nitrogen and oxygen atoms in total. The number of H-pyrrole nitrogens is 2. The Labute approximate surface area is 109 Å². The van der Waals surface area contributed by atoms with Crippen LogP contribution in [0.5, 0.6) is 0 Å². The zero-order valence-electron chi connectivity index (χ0n) is 10.2. The molecule has 0 radical (unpaired) electrons. The van der Waals surface area contributed by atoms with Crippen LogP contribution in [0.3, 0.4) is 0 Å². The molecule has 0 fully saturated rings. The molecule has 1 aromatic heterocycles. The van der Waals surface area contributed by atoms with Crippen molar-refractivity contribution in [2.45, 2.75) is 51.4 Å². The van der Waals surface area contributed by atoms with Crippen molar-refractivity contribution in [2.75, 3.05) is 0 Å². The van der Waals surface area contributed by atoms with Gasteiger partial charge in [0.1, 0.15) is 0 Å². The summed E-state index contributed by atoms with van der Waals surface area (Å²) < 4.78 is 0.758. The molecular weight excluding hydrogens is 228 g/mol. The van der Waals surface area contributed by atoms with Crippen molar-refractivity contribution in [1.29, 1.82) is 0 Å². The lowest BCUT2D eigenvalue weighted by atomic mass is 9.76. The molecule has 0 spiro atoms. The maximum Gasteiger partial charge on any atom is 0.174 e. The molecule has 3 heteroatoms. The van der Waals surface area contributed by atoms with Gasteiger partial charge in [-0.15, -0.1) is 0 Å². The number of allylic oxidation sites excluding steroid dienone is 2. The van der Waals surface area contributed by atoms with E-state index in [1.54, 1.807) is 11.1 Å². The molecule has 17 heavy (non-hydrogen) atoms. The van der Waals surface area contributed by atoms with Crippen LogP contribution >= 0.6 is 12.2 Å². The normalized spacial score (nSPS) is 24.8. The summed E-state index contributed by atoms with van der Waals surface area (Å²) in [6.45, 7) is 0. The van der Waals surface area contributed by atoms with E-state index in [-0.39, 0.29) is 1.43 Å². The standard InChI is InChI=1S/C14H20N2S.H2/c17-14-15-9-13(16-14)8-10-5-6-11-3-1-2-4-12(11)7-10;/h9-10H,1-8H2,(H2,15,16,17);1H/t10-;/m1./s1. The van der Waals surface area contributed by atoms with E-state index in [1.165, 1.54) is 50.6 Å². The lowest BCUT2D eigenvalue weighted by Crippen LogP contribution is -2.15. The topological polar surface area (TPSA) is 31.6 Å². The SMILES string of the molecule is S=c1[nH]cc(C[C@@H]2CCC3=C(CCCC3)C2)[nH]1.[HH]. The van der Waals surface area contributed by atoms with Crippen LogP contribution in [-0.4, -0.2) is 9.97 Å². The zero-order chi connectivity index (χ0) is 11.7. The van der Waals surface area contributed by atoms with Gasteiger partial charge in [-0.25, -0.2) is 0 Å². The van der Waals surface area contributed by atoms with Crippen molar-refractivity contribution in [3.05, 3.63) is 27.8 Å². The van der Waals surface area contributed by atoms with E-state index in [4.69, 9.17) is 12.2 Å². The lowest BCUT2D eigenvalue weighted by Gasteiger charge is -2.30. The third-order valence-corrected chi connectivity index (χ3v) is 4.48. The number of aromatic amines is 2. The maximum absolute atomic E-state index is 5.07. The molecule has 0 saturated heterocycles. The zero-order valence-corrected chi connectivity index (χ0v) is 11.0. The van der Waals surface area contributed by atoms with Crippen LogP contribution in [-0.2, 0) is 6.42 Å². The van der Waals surface area contributed by atoms with Gasteiger partial charge in [0.25, 0.3) is 0 Å². The average Bonchev–Trinajstić information content (AvgIpc) is 2.75. The Kier molecular flexibility index (Phi) is 3.19. The molecule has 94 valence electrons. The summed E-state index contributed by atoms with van der Waals surface area (Å²) in [7, 11) is 0. The van der Waals surface area contributed by atoms with Crippen LogP contribution in [0.25, 0.3) is 0 Å². The second-order valence-electron chi connectivity index (χ2n) is 5.50. The molecule has 0 bridgehead atoms. The Hall–Kier alpha value is -0.830. The number of hydrogen-bond acceptors (Lipinski definition) is 1. The summed E-state index contributed by atoms with van der Waals surface area (Å²) in [6.07, 6.45) is 12.8. The van der Waals surface area contributed by atoms with E-state index in [9.17, 15) is 0 Å². The second kappa shape index (κ2) is 4.81. The highest BCUT2D eigenvalue weighted by Crippen LogP contribution is 2.38. The van der Waals surface area contributed by atoms with Gasteiger partial charge in [-0.2, -0.15) is 0 Å². The number of nitrogens with one attached hydrogen (secondary N) is 2. The molecule has 0 aliphatic heterocycles. The highest BCUT2D eigenvalue weighted by molar-refractivity contribution is 7.71. The van der Waals surface area contributed by atoms with E-state index in [2.05, 4.69) is 9.97 Å². The predicted molar refractivity (Wildman–Crippen MR) is 74.6 cm³/mol. The van der Waals surface area contributed by atoms with Crippen LogP contribution in [0, 0.1) is 10.7 Å². The number of aromatic nitrogens is 2. The summed E-state index contributed by atoms with van der Waals surface area (Å²) in [5.74, 6) is 0.827. The monoisotopic (exact) mass is 250 g/mol. The number of rotatable bonds is 2. The Bertz CT molecular complexity index is 486. The van der Waals surface area contributed by atoms with Crippen molar-refractivity contribution in [3.8, 4) is 0 Å². The predicted octanol–water partition coefficient (Wildman–Crippen LogP) is 4.53. The first-order chi connectivity index (χ1) is 8.31. The fraction of sp³-hybridized carbons (Fsp3) is 0.643. The van der Waals surface area contributed by atoms with Gasteiger partial charge in [0, 0.05) is 13.3 Å². The molecule has 0 amide bonds. The summed E-state index contributed by atoms with van der Waals surface area (Å²) in [5.41, 5.74) is 4.87. The molecule has 2 aliphatic rings. The van der Waals surface area contributed by atoms with E-state index < -0.39 is 0 Å². The van der Waals surface area contributed by atoms with Gasteiger partial charge in [-0.05, 0) is 69.5 Å². The molecule has 0 unspecified atom stereocenters. The first-order valence-electron chi connectivity index (χ1n) is 6.77. The Morgan fingerprint density at radius 3 is 2.82 bits per heavy atom. The minimum Gasteiger partial charge on any atom is -0.337 e. The molecule has 3 rings (SSSR count). The Morgan fingerprint density at radius 1 is 1.24 bits per heavy atom. The van der Waals surface area contributed by atoms with E-state index >= 15 is 0 Å². The van der Waals surface area contributed by atoms with Crippen molar-refractivity contribution in [2.24, 2.45) is 5.92 Å². The Balaban J connectivity index is 0.00000120. The van der Waals surface area contributed by atoms with Crippen molar-refractivity contribution < 1.29 is 1.43 Å². The number of hydrogen-bond donors (Lipinski definition) is 2. The lowest BCUT2D eigenvalue weighted by molar-refractivity contribution is 0.418. The number of imidazole rings is 1. The minimum absolute atomic E-state index is 0. The Morgan fingerprint density at radius 2 is 2.06 bits per heavy atom.